The highest BCUT2D eigenvalue weighted by Gasteiger charge is 2.35. The first-order valence-corrected chi connectivity index (χ1v) is 8.03. The van der Waals surface area contributed by atoms with Crippen LogP contribution in [0.3, 0.4) is 0 Å². The first-order valence-electron chi connectivity index (χ1n) is 7.08. The molecule has 1 nitrogen and oxygen atoms in total. The molecule has 2 aliphatic heterocycles. The molecule has 2 bridgehead atoms. The third-order valence-electron chi connectivity index (χ3n) is 4.23. The molecule has 2 fully saturated rings. The lowest BCUT2D eigenvalue weighted by Crippen LogP contribution is -2.33. The predicted octanol–water partition coefficient (Wildman–Crippen LogP) is 4.38. The van der Waals surface area contributed by atoms with Gasteiger partial charge in [0.15, 0.2) is 5.78 Å². The molecule has 0 aromatic heterocycles. The summed E-state index contributed by atoms with van der Waals surface area (Å²) in [5, 5.41) is 1.30. The molecule has 2 heterocycles. The number of hydrogen-bond acceptors (Lipinski definition) is 2. The molecule has 0 radical (unpaired) electrons. The number of rotatable bonds is 2. The average molecular weight is 278 g/mol. The average Bonchev–Trinajstić information content (AvgIpc) is 2.36. The molecule has 0 saturated carbocycles. The van der Waals surface area contributed by atoms with Gasteiger partial charge in [-0.05, 0) is 56.4 Å². The maximum atomic E-state index is 13.4. The summed E-state index contributed by atoms with van der Waals surface area (Å²) in [4.78, 5) is 12.6. The van der Waals surface area contributed by atoms with Crippen LogP contribution in [-0.2, 0) is 0 Å². The van der Waals surface area contributed by atoms with Crippen molar-refractivity contribution >= 4 is 17.5 Å². The Kier molecular flexibility index (Phi) is 3.66. The molecule has 1 aromatic carbocycles. The molecule has 2 atom stereocenters. The van der Waals surface area contributed by atoms with Gasteiger partial charge in [-0.25, -0.2) is 4.39 Å². The highest BCUT2D eigenvalue weighted by Crippen LogP contribution is 2.44. The van der Waals surface area contributed by atoms with Crippen molar-refractivity contribution in [3.8, 4) is 0 Å². The van der Waals surface area contributed by atoms with Crippen molar-refractivity contribution in [3.63, 3.8) is 0 Å². The molecule has 19 heavy (non-hydrogen) atoms. The fourth-order valence-corrected chi connectivity index (χ4v) is 5.22. The van der Waals surface area contributed by atoms with Crippen LogP contribution in [0.4, 0.5) is 4.39 Å². The zero-order chi connectivity index (χ0) is 13.4. The summed E-state index contributed by atoms with van der Waals surface area (Å²) >= 11 is 2.07. The largest absolute Gasteiger partial charge is 0.294 e. The zero-order valence-electron chi connectivity index (χ0n) is 11.2. The van der Waals surface area contributed by atoms with Crippen LogP contribution in [0.2, 0.25) is 0 Å². The van der Waals surface area contributed by atoms with Crippen molar-refractivity contribution in [2.45, 2.75) is 49.5 Å². The van der Waals surface area contributed by atoms with Crippen LogP contribution >= 0.6 is 11.8 Å². The van der Waals surface area contributed by atoms with E-state index in [-0.39, 0.29) is 17.5 Å². The Labute approximate surface area is 118 Å². The maximum absolute atomic E-state index is 13.4. The Morgan fingerprint density at radius 1 is 1.21 bits per heavy atom. The lowest BCUT2D eigenvalue weighted by atomic mass is 9.84. The summed E-state index contributed by atoms with van der Waals surface area (Å²) in [6.07, 6.45) is 5.76. The van der Waals surface area contributed by atoms with Gasteiger partial charge >= 0.3 is 0 Å². The number of carbonyl (C=O) groups is 1. The van der Waals surface area contributed by atoms with Gasteiger partial charge in [0, 0.05) is 22.0 Å². The highest BCUT2D eigenvalue weighted by molar-refractivity contribution is 8.00. The van der Waals surface area contributed by atoms with Crippen molar-refractivity contribution in [2.24, 2.45) is 5.92 Å². The summed E-state index contributed by atoms with van der Waals surface area (Å²) < 4.78 is 13.4. The Hall–Kier alpha value is -0.830. The van der Waals surface area contributed by atoms with Gasteiger partial charge in [-0.15, -0.1) is 0 Å². The summed E-state index contributed by atoms with van der Waals surface area (Å²) in [6.45, 7) is 1.84. The van der Waals surface area contributed by atoms with Gasteiger partial charge in [0.25, 0.3) is 0 Å². The number of Topliss-reactive ketones (excluding diaryl/α,β-unsaturated/α-hetero) is 1. The van der Waals surface area contributed by atoms with Crippen LogP contribution in [0.1, 0.15) is 48.0 Å². The maximum Gasteiger partial charge on any atom is 0.166 e. The molecule has 2 aliphatic rings. The van der Waals surface area contributed by atoms with Gasteiger partial charge in [-0.3, -0.25) is 4.79 Å². The number of benzene rings is 1. The molecule has 1 aromatic rings. The van der Waals surface area contributed by atoms with E-state index in [1.807, 2.05) is 13.0 Å². The molecule has 3 heteroatoms. The molecule has 0 N–H and O–H groups in total. The van der Waals surface area contributed by atoms with E-state index < -0.39 is 0 Å². The van der Waals surface area contributed by atoms with E-state index in [1.165, 1.54) is 31.4 Å². The number of carbonyl (C=O) groups excluding carboxylic acids is 1. The normalized spacial score (nSPS) is 30.1. The van der Waals surface area contributed by atoms with Gasteiger partial charge in [-0.1, -0.05) is 6.42 Å². The number of ketones is 1. The minimum Gasteiger partial charge on any atom is -0.294 e. The lowest BCUT2D eigenvalue weighted by molar-refractivity contribution is 0.0896. The third kappa shape index (κ3) is 2.86. The minimum absolute atomic E-state index is 0.109. The van der Waals surface area contributed by atoms with Crippen LogP contribution in [0, 0.1) is 18.7 Å². The van der Waals surface area contributed by atoms with Gasteiger partial charge < -0.3 is 0 Å². The van der Waals surface area contributed by atoms with Crippen LogP contribution in [0.15, 0.2) is 18.2 Å². The molecule has 0 spiro atoms. The second-order valence-electron chi connectivity index (χ2n) is 5.86. The number of thioether (sulfide) groups is 1. The van der Waals surface area contributed by atoms with Crippen molar-refractivity contribution in [3.05, 3.63) is 35.1 Å². The second kappa shape index (κ2) is 5.28. The first-order chi connectivity index (χ1) is 9.11. The van der Waals surface area contributed by atoms with Gasteiger partial charge in [-0.2, -0.15) is 11.8 Å². The van der Waals surface area contributed by atoms with Crippen molar-refractivity contribution in [2.75, 3.05) is 0 Å². The molecule has 2 unspecified atom stereocenters. The fourth-order valence-electron chi connectivity index (χ4n) is 3.39. The number of halogens is 1. The number of fused-ring (bicyclic) bond motifs is 2. The molecule has 102 valence electrons. The fraction of sp³-hybridized carbons (Fsp3) is 0.562. The SMILES string of the molecule is Cc1cc(F)cc(C(=O)C2CC3CCCC(C2)S3)c1. The minimum atomic E-state index is -0.297. The number of hydrogen-bond donors (Lipinski definition) is 0. The van der Waals surface area contributed by atoms with Crippen LogP contribution in [-0.4, -0.2) is 16.3 Å². The number of aryl methyl sites for hydroxylation is 1. The van der Waals surface area contributed by atoms with Gasteiger partial charge in [0.1, 0.15) is 5.82 Å². The molecular formula is C16H19FOS. The molecule has 0 aliphatic carbocycles. The third-order valence-corrected chi connectivity index (χ3v) is 5.86. The summed E-state index contributed by atoms with van der Waals surface area (Å²) in [5.74, 6) is -0.0359. The quantitative estimate of drug-likeness (QED) is 0.747. The van der Waals surface area contributed by atoms with Crippen LogP contribution in [0.5, 0.6) is 0 Å². The Bertz CT molecular complexity index is 467. The van der Waals surface area contributed by atoms with E-state index in [0.29, 0.717) is 16.1 Å². The van der Waals surface area contributed by atoms with E-state index in [1.54, 1.807) is 0 Å². The monoisotopic (exact) mass is 278 g/mol. The van der Waals surface area contributed by atoms with E-state index in [9.17, 15) is 9.18 Å². The molecule has 2 saturated heterocycles. The summed E-state index contributed by atoms with van der Waals surface area (Å²) in [5.41, 5.74) is 1.39. The molecular weight excluding hydrogens is 259 g/mol. The first kappa shape index (κ1) is 13.2. The Morgan fingerprint density at radius 2 is 1.89 bits per heavy atom. The summed E-state index contributed by atoms with van der Waals surface area (Å²) in [7, 11) is 0. The van der Waals surface area contributed by atoms with Crippen LogP contribution < -0.4 is 0 Å². The second-order valence-corrected chi connectivity index (χ2v) is 7.47. The van der Waals surface area contributed by atoms with Crippen molar-refractivity contribution in [1.82, 2.24) is 0 Å². The topological polar surface area (TPSA) is 17.1 Å². The standard InChI is InChI=1S/C16H19FOS/c1-10-5-11(7-13(17)6-10)16(18)12-8-14-3-2-4-15(9-12)19-14/h5-7,12,14-15H,2-4,8-9H2,1H3. The van der Waals surface area contributed by atoms with Crippen molar-refractivity contribution < 1.29 is 9.18 Å². The van der Waals surface area contributed by atoms with E-state index >= 15 is 0 Å². The van der Waals surface area contributed by atoms with E-state index in [4.69, 9.17) is 0 Å². The molecule has 0 amide bonds. The Morgan fingerprint density at radius 3 is 2.53 bits per heavy atom. The molecule has 3 rings (SSSR count). The van der Waals surface area contributed by atoms with Crippen LogP contribution in [0.25, 0.3) is 0 Å². The lowest BCUT2D eigenvalue weighted by Gasteiger charge is -2.38. The van der Waals surface area contributed by atoms with Gasteiger partial charge in [0.2, 0.25) is 0 Å². The predicted molar refractivity (Wildman–Crippen MR) is 77.2 cm³/mol. The Balaban J connectivity index is 1.79. The van der Waals surface area contributed by atoms with Crippen molar-refractivity contribution in [1.29, 1.82) is 0 Å². The zero-order valence-corrected chi connectivity index (χ0v) is 12.0. The smallest absolute Gasteiger partial charge is 0.166 e. The summed E-state index contributed by atoms with van der Waals surface area (Å²) in [6, 6.07) is 4.69. The highest BCUT2D eigenvalue weighted by atomic mass is 32.2. The van der Waals surface area contributed by atoms with Gasteiger partial charge in [0.05, 0.1) is 0 Å². The van der Waals surface area contributed by atoms with E-state index in [2.05, 4.69) is 11.8 Å². The van der Waals surface area contributed by atoms with E-state index in [0.717, 1.165) is 18.4 Å².